The summed E-state index contributed by atoms with van der Waals surface area (Å²) >= 11 is 5.86. The van der Waals surface area contributed by atoms with Gasteiger partial charge in [-0.2, -0.15) is 0 Å². The van der Waals surface area contributed by atoms with E-state index in [2.05, 4.69) is 5.32 Å². The van der Waals surface area contributed by atoms with E-state index in [0.29, 0.717) is 0 Å². The lowest BCUT2D eigenvalue weighted by Gasteiger charge is -2.11. The summed E-state index contributed by atoms with van der Waals surface area (Å²) in [6.45, 7) is 4.18. The number of carbonyl (C=O) groups is 1. The fourth-order valence-electron chi connectivity index (χ4n) is 1.94. The van der Waals surface area contributed by atoms with Crippen LogP contribution in [0.15, 0.2) is 42.5 Å². The van der Waals surface area contributed by atoms with Crippen molar-refractivity contribution in [3.05, 3.63) is 64.4 Å². The summed E-state index contributed by atoms with van der Waals surface area (Å²) in [5, 5.41) is 2.75. The van der Waals surface area contributed by atoms with Crippen LogP contribution in [-0.2, 0) is 6.54 Å². The molecule has 0 heterocycles. The first kappa shape index (κ1) is 16.3. The second-order valence-corrected chi connectivity index (χ2v) is 5.50. The first-order chi connectivity index (χ1) is 10.5. The summed E-state index contributed by atoms with van der Waals surface area (Å²) < 4.78 is 19.2. The molecule has 2 aromatic carbocycles. The van der Waals surface area contributed by atoms with Gasteiger partial charge in [0.05, 0.1) is 16.7 Å². The lowest BCUT2D eigenvalue weighted by atomic mass is 10.1. The van der Waals surface area contributed by atoms with Crippen LogP contribution in [0, 0.1) is 5.82 Å². The highest BCUT2D eigenvalue weighted by molar-refractivity contribution is 6.33. The van der Waals surface area contributed by atoms with E-state index in [4.69, 9.17) is 16.3 Å². The molecule has 2 aromatic rings. The summed E-state index contributed by atoms with van der Waals surface area (Å²) in [7, 11) is 0. The zero-order valence-corrected chi connectivity index (χ0v) is 13.2. The molecule has 0 saturated heterocycles. The quantitative estimate of drug-likeness (QED) is 0.896. The Morgan fingerprint density at radius 3 is 2.50 bits per heavy atom. The molecule has 0 radical (unpaired) electrons. The highest BCUT2D eigenvalue weighted by Crippen LogP contribution is 2.19. The Morgan fingerprint density at radius 1 is 1.23 bits per heavy atom. The van der Waals surface area contributed by atoms with Gasteiger partial charge in [-0.15, -0.1) is 0 Å². The van der Waals surface area contributed by atoms with Crippen molar-refractivity contribution in [1.82, 2.24) is 5.32 Å². The second kappa shape index (κ2) is 7.27. The highest BCUT2D eigenvalue weighted by atomic mass is 35.5. The number of carbonyl (C=O) groups excluding carboxylic acids is 1. The number of nitrogens with one attached hydrogen (secondary N) is 1. The summed E-state index contributed by atoms with van der Waals surface area (Å²) in [6, 6.07) is 11.5. The molecular formula is C17H17ClFNO2. The van der Waals surface area contributed by atoms with Crippen molar-refractivity contribution in [3.63, 3.8) is 0 Å². The zero-order chi connectivity index (χ0) is 16.1. The van der Waals surface area contributed by atoms with Crippen LogP contribution >= 0.6 is 11.6 Å². The number of ether oxygens (including phenoxy) is 1. The molecule has 1 amide bonds. The van der Waals surface area contributed by atoms with Gasteiger partial charge in [0, 0.05) is 6.54 Å². The average molecular weight is 322 g/mol. The van der Waals surface area contributed by atoms with Crippen LogP contribution in [-0.4, -0.2) is 12.0 Å². The smallest absolute Gasteiger partial charge is 0.256 e. The molecule has 0 spiro atoms. The first-order valence-corrected chi connectivity index (χ1v) is 7.33. The van der Waals surface area contributed by atoms with Gasteiger partial charge in [-0.25, -0.2) is 4.39 Å². The van der Waals surface area contributed by atoms with E-state index in [1.807, 2.05) is 38.1 Å². The highest BCUT2D eigenvalue weighted by Gasteiger charge is 2.15. The van der Waals surface area contributed by atoms with Crippen molar-refractivity contribution in [2.75, 3.05) is 0 Å². The number of benzene rings is 2. The largest absolute Gasteiger partial charge is 0.491 e. The minimum absolute atomic E-state index is 0.0955. The van der Waals surface area contributed by atoms with Gasteiger partial charge < -0.3 is 10.1 Å². The van der Waals surface area contributed by atoms with Crippen LogP contribution in [0.2, 0.25) is 5.02 Å². The van der Waals surface area contributed by atoms with Gasteiger partial charge in [0.2, 0.25) is 0 Å². The molecule has 0 fully saturated rings. The maximum Gasteiger partial charge on any atom is 0.256 e. The summed E-state index contributed by atoms with van der Waals surface area (Å²) in [5.74, 6) is -0.404. The van der Waals surface area contributed by atoms with E-state index < -0.39 is 11.7 Å². The maximum absolute atomic E-state index is 13.6. The van der Waals surface area contributed by atoms with Crippen LogP contribution in [0.4, 0.5) is 4.39 Å². The molecule has 0 bridgehead atoms. The van der Waals surface area contributed by atoms with Crippen LogP contribution < -0.4 is 10.1 Å². The minimum atomic E-state index is -0.634. The molecule has 0 aliphatic rings. The van der Waals surface area contributed by atoms with Gasteiger partial charge in [0.25, 0.3) is 5.91 Å². The monoisotopic (exact) mass is 321 g/mol. The Bertz CT molecular complexity index is 636. The Morgan fingerprint density at radius 2 is 1.91 bits per heavy atom. The topological polar surface area (TPSA) is 38.3 Å². The van der Waals surface area contributed by atoms with Crippen molar-refractivity contribution in [1.29, 1.82) is 0 Å². The maximum atomic E-state index is 13.6. The van der Waals surface area contributed by atoms with Gasteiger partial charge in [-0.05, 0) is 43.7 Å². The lowest BCUT2D eigenvalue weighted by molar-refractivity contribution is 0.0947. The molecule has 0 saturated carbocycles. The predicted octanol–water partition coefficient (Wildman–Crippen LogP) is 4.20. The number of hydrogen-bond donors (Lipinski definition) is 1. The summed E-state index contributed by atoms with van der Waals surface area (Å²) in [5.41, 5.74) is 0.751. The molecule has 1 N–H and O–H groups in total. The Kier molecular flexibility index (Phi) is 5.39. The molecule has 0 aliphatic heterocycles. The van der Waals surface area contributed by atoms with E-state index in [0.717, 1.165) is 11.3 Å². The number of amides is 1. The second-order valence-electron chi connectivity index (χ2n) is 5.09. The molecule has 3 nitrogen and oxygen atoms in total. The van der Waals surface area contributed by atoms with E-state index in [9.17, 15) is 9.18 Å². The average Bonchev–Trinajstić information content (AvgIpc) is 2.46. The van der Waals surface area contributed by atoms with E-state index >= 15 is 0 Å². The summed E-state index contributed by atoms with van der Waals surface area (Å²) in [4.78, 5) is 12.0. The SMILES string of the molecule is CC(C)Oc1ccc(CNC(=O)c2c(F)cccc2Cl)cc1. The molecule has 0 unspecified atom stereocenters. The van der Waals surface area contributed by atoms with Crippen molar-refractivity contribution in [3.8, 4) is 5.75 Å². The van der Waals surface area contributed by atoms with Crippen molar-refractivity contribution >= 4 is 17.5 Å². The van der Waals surface area contributed by atoms with Gasteiger partial charge in [-0.3, -0.25) is 4.79 Å². The van der Waals surface area contributed by atoms with E-state index in [1.165, 1.54) is 18.2 Å². The van der Waals surface area contributed by atoms with Crippen molar-refractivity contribution in [2.24, 2.45) is 0 Å². The molecule has 22 heavy (non-hydrogen) atoms. The fraction of sp³-hybridized carbons (Fsp3) is 0.235. The first-order valence-electron chi connectivity index (χ1n) is 6.95. The number of rotatable bonds is 5. The third-order valence-corrected chi connectivity index (χ3v) is 3.25. The third kappa shape index (κ3) is 4.21. The molecule has 0 atom stereocenters. The van der Waals surface area contributed by atoms with Crippen molar-refractivity contribution in [2.45, 2.75) is 26.5 Å². The predicted molar refractivity (Wildman–Crippen MR) is 84.8 cm³/mol. The molecule has 5 heteroatoms. The van der Waals surface area contributed by atoms with E-state index in [-0.39, 0.29) is 23.2 Å². The Hall–Kier alpha value is -2.07. The lowest BCUT2D eigenvalue weighted by Crippen LogP contribution is -2.24. The summed E-state index contributed by atoms with van der Waals surface area (Å²) in [6.07, 6.45) is 0.105. The zero-order valence-electron chi connectivity index (χ0n) is 12.4. The van der Waals surface area contributed by atoms with E-state index in [1.54, 1.807) is 0 Å². The fourth-order valence-corrected chi connectivity index (χ4v) is 2.19. The van der Waals surface area contributed by atoms with Gasteiger partial charge in [0.1, 0.15) is 11.6 Å². The molecule has 0 aromatic heterocycles. The Balaban J connectivity index is 1.99. The molecular weight excluding hydrogens is 305 g/mol. The molecule has 2 rings (SSSR count). The number of hydrogen-bond acceptors (Lipinski definition) is 2. The van der Waals surface area contributed by atoms with Crippen LogP contribution in [0.3, 0.4) is 0 Å². The van der Waals surface area contributed by atoms with Crippen LogP contribution in [0.1, 0.15) is 29.8 Å². The van der Waals surface area contributed by atoms with Crippen LogP contribution in [0.5, 0.6) is 5.75 Å². The number of halogens is 2. The van der Waals surface area contributed by atoms with Gasteiger partial charge in [-0.1, -0.05) is 29.8 Å². The Labute approximate surface area is 134 Å². The van der Waals surface area contributed by atoms with Crippen molar-refractivity contribution < 1.29 is 13.9 Å². The molecule has 0 aliphatic carbocycles. The minimum Gasteiger partial charge on any atom is -0.491 e. The molecule has 116 valence electrons. The normalized spacial score (nSPS) is 10.6. The third-order valence-electron chi connectivity index (χ3n) is 2.94. The van der Waals surface area contributed by atoms with Gasteiger partial charge in [0.15, 0.2) is 0 Å². The van der Waals surface area contributed by atoms with Gasteiger partial charge >= 0.3 is 0 Å². The standard InChI is InChI=1S/C17H17ClFNO2/c1-11(2)22-13-8-6-12(7-9-13)10-20-17(21)16-14(18)4-3-5-15(16)19/h3-9,11H,10H2,1-2H3,(H,20,21). The van der Waals surface area contributed by atoms with Crippen LogP contribution in [0.25, 0.3) is 0 Å².